The van der Waals surface area contributed by atoms with Crippen LogP contribution >= 0.6 is 28.1 Å². The summed E-state index contributed by atoms with van der Waals surface area (Å²) in [7, 11) is 0. The Labute approximate surface area is 135 Å². The lowest BCUT2D eigenvalue weighted by Crippen LogP contribution is -2.23. The average molecular weight is 367 g/mol. The van der Waals surface area contributed by atoms with E-state index in [0.717, 1.165) is 11.1 Å². The summed E-state index contributed by atoms with van der Waals surface area (Å²) >= 11 is 7.91. The zero-order chi connectivity index (χ0) is 15.4. The van der Waals surface area contributed by atoms with E-state index in [9.17, 15) is 9.18 Å². The lowest BCUT2D eigenvalue weighted by atomic mass is 10.1. The van der Waals surface area contributed by atoms with E-state index in [2.05, 4.69) is 21.2 Å². The van der Waals surface area contributed by atoms with Gasteiger partial charge in [-0.2, -0.15) is 0 Å². The van der Waals surface area contributed by atoms with Gasteiger partial charge in [0, 0.05) is 17.7 Å². The number of benzene rings is 2. The van der Waals surface area contributed by atoms with Gasteiger partial charge in [-0.25, -0.2) is 4.39 Å². The first-order chi connectivity index (χ1) is 9.97. The summed E-state index contributed by atoms with van der Waals surface area (Å²) in [5.74, 6) is -0.803. The SMILES string of the molecule is NC(=S)c1ccc(CNC(=O)c2ccc(Br)c(F)c2)cc1. The van der Waals surface area contributed by atoms with Crippen LogP contribution in [0.2, 0.25) is 0 Å². The second kappa shape index (κ2) is 6.78. The molecule has 3 N–H and O–H groups in total. The molecule has 0 bridgehead atoms. The fourth-order valence-corrected chi connectivity index (χ4v) is 2.09. The number of carbonyl (C=O) groups is 1. The number of thiocarbonyl (C=S) groups is 1. The fourth-order valence-electron chi connectivity index (χ4n) is 1.71. The number of nitrogens with one attached hydrogen (secondary N) is 1. The highest BCUT2D eigenvalue weighted by Gasteiger charge is 2.08. The van der Waals surface area contributed by atoms with Crippen LogP contribution in [0.15, 0.2) is 46.9 Å². The van der Waals surface area contributed by atoms with Crippen LogP contribution in [0.4, 0.5) is 4.39 Å². The van der Waals surface area contributed by atoms with Gasteiger partial charge in [-0.1, -0.05) is 36.5 Å². The molecule has 2 rings (SSSR count). The number of rotatable bonds is 4. The number of hydrogen-bond acceptors (Lipinski definition) is 2. The third-order valence-corrected chi connectivity index (χ3v) is 3.75. The van der Waals surface area contributed by atoms with E-state index in [0.29, 0.717) is 16.0 Å². The number of halogens is 2. The second-order valence-corrected chi connectivity index (χ2v) is 5.67. The van der Waals surface area contributed by atoms with Gasteiger partial charge in [-0.15, -0.1) is 0 Å². The normalized spacial score (nSPS) is 10.2. The minimum Gasteiger partial charge on any atom is -0.389 e. The maximum atomic E-state index is 13.4. The van der Waals surface area contributed by atoms with Crippen LogP contribution < -0.4 is 11.1 Å². The van der Waals surface area contributed by atoms with Gasteiger partial charge < -0.3 is 11.1 Å². The van der Waals surface area contributed by atoms with Crippen LogP contribution in [0.5, 0.6) is 0 Å². The smallest absolute Gasteiger partial charge is 0.251 e. The van der Waals surface area contributed by atoms with Crippen LogP contribution in [0.3, 0.4) is 0 Å². The molecule has 0 aliphatic heterocycles. The molecule has 0 heterocycles. The fraction of sp³-hybridized carbons (Fsp3) is 0.0667. The zero-order valence-corrected chi connectivity index (χ0v) is 13.3. The van der Waals surface area contributed by atoms with E-state index >= 15 is 0 Å². The third-order valence-electron chi connectivity index (χ3n) is 2.87. The van der Waals surface area contributed by atoms with E-state index in [-0.39, 0.29) is 11.5 Å². The monoisotopic (exact) mass is 366 g/mol. The molecule has 21 heavy (non-hydrogen) atoms. The Hall–Kier alpha value is -1.79. The summed E-state index contributed by atoms with van der Waals surface area (Å²) in [5.41, 5.74) is 7.46. The van der Waals surface area contributed by atoms with Gasteiger partial charge in [0.05, 0.1) is 4.47 Å². The van der Waals surface area contributed by atoms with Crippen LogP contribution in [0.1, 0.15) is 21.5 Å². The van der Waals surface area contributed by atoms with E-state index < -0.39 is 5.82 Å². The first-order valence-electron chi connectivity index (χ1n) is 6.09. The van der Waals surface area contributed by atoms with Crippen molar-refractivity contribution >= 4 is 39.0 Å². The standard InChI is InChI=1S/C15H12BrFN2OS/c16-12-6-5-11(7-13(12)17)15(20)19-8-9-1-3-10(4-2-9)14(18)21/h1-7H,8H2,(H2,18,21)(H,19,20). The van der Waals surface area contributed by atoms with Crippen LogP contribution in [-0.2, 0) is 6.54 Å². The van der Waals surface area contributed by atoms with Crippen LogP contribution in [0, 0.1) is 5.82 Å². The van der Waals surface area contributed by atoms with Crippen molar-refractivity contribution in [3.63, 3.8) is 0 Å². The molecule has 0 spiro atoms. The number of carbonyl (C=O) groups excluding carboxylic acids is 1. The number of hydrogen-bond donors (Lipinski definition) is 2. The van der Waals surface area contributed by atoms with Crippen molar-refractivity contribution < 1.29 is 9.18 Å². The molecule has 0 saturated carbocycles. The Morgan fingerprint density at radius 1 is 1.19 bits per heavy atom. The predicted octanol–water partition coefficient (Wildman–Crippen LogP) is 3.15. The summed E-state index contributed by atoms with van der Waals surface area (Å²) in [6.45, 7) is 0.341. The maximum absolute atomic E-state index is 13.4. The van der Waals surface area contributed by atoms with E-state index in [1.165, 1.54) is 12.1 Å². The molecule has 1 amide bonds. The molecule has 0 aliphatic rings. The van der Waals surface area contributed by atoms with Crippen LogP contribution in [-0.4, -0.2) is 10.9 Å². The third kappa shape index (κ3) is 4.09. The van der Waals surface area contributed by atoms with Crippen molar-refractivity contribution in [2.24, 2.45) is 5.73 Å². The van der Waals surface area contributed by atoms with Gasteiger partial charge in [0.1, 0.15) is 10.8 Å². The molecule has 2 aromatic rings. The Morgan fingerprint density at radius 3 is 2.38 bits per heavy atom. The first kappa shape index (κ1) is 15.6. The molecule has 0 radical (unpaired) electrons. The summed E-state index contributed by atoms with van der Waals surface area (Å²) in [6, 6.07) is 11.5. The summed E-state index contributed by atoms with van der Waals surface area (Å²) in [4.78, 5) is 12.3. The quantitative estimate of drug-likeness (QED) is 0.817. The highest BCUT2D eigenvalue weighted by molar-refractivity contribution is 9.10. The van der Waals surface area contributed by atoms with Crippen molar-refractivity contribution in [2.45, 2.75) is 6.54 Å². The lowest BCUT2D eigenvalue weighted by Gasteiger charge is -2.07. The molecule has 2 aromatic carbocycles. The van der Waals surface area contributed by atoms with Crippen LogP contribution in [0.25, 0.3) is 0 Å². The summed E-state index contributed by atoms with van der Waals surface area (Å²) in [5, 5.41) is 2.73. The summed E-state index contributed by atoms with van der Waals surface area (Å²) < 4.78 is 13.7. The van der Waals surface area contributed by atoms with E-state index in [4.69, 9.17) is 18.0 Å². The van der Waals surface area contributed by atoms with Crippen molar-refractivity contribution in [1.29, 1.82) is 0 Å². The molecule has 0 fully saturated rings. The zero-order valence-electron chi connectivity index (χ0n) is 10.9. The summed E-state index contributed by atoms with van der Waals surface area (Å²) in [6.07, 6.45) is 0. The Bertz CT molecular complexity index is 689. The van der Waals surface area contributed by atoms with E-state index in [1.807, 2.05) is 12.1 Å². The van der Waals surface area contributed by atoms with Gasteiger partial charge in [0.2, 0.25) is 0 Å². The minimum absolute atomic E-state index is 0.274. The first-order valence-corrected chi connectivity index (χ1v) is 7.29. The molecule has 3 nitrogen and oxygen atoms in total. The minimum atomic E-state index is -0.469. The average Bonchev–Trinajstić information content (AvgIpc) is 2.48. The maximum Gasteiger partial charge on any atom is 0.251 e. The van der Waals surface area contributed by atoms with Crippen molar-refractivity contribution in [1.82, 2.24) is 5.32 Å². The Kier molecular flexibility index (Phi) is 5.03. The topological polar surface area (TPSA) is 55.1 Å². The molecule has 0 atom stereocenters. The van der Waals surface area contributed by atoms with Gasteiger partial charge in [-0.3, -0.25) is 4.79 Å². The second-order valence-electron chi connectivity index (χ2n) is 4.37. The molecular formula is C15H12BrFN2OS. The van der Waals surface area contributed by atoms with Crippen molar-refractivity contribution in [3.8, 4) is 0 Å². The van der Waals surface area contributed by atoms with Gasteiger partial charge in [0.15, 0.2) is 0 Å². The molecule has 108 valence electrons. The predicted molar refractivity (Wildman–Crippen MR) is 87.6 cm³/mol. The van der Waals surface area contributed by atoms with Crippen molar-refractivity contribution in [2.75, 3.05) is 0 Å². The largest absolute Gasteiger partial charge is 0.389 e. The molecule has 0 saturated heterocycles. The number of nitrogens with two attached hydrogens (primary N) is 1. The van der Waals surface area contributed by atoms with Gasteiger partial charge in [0.25, 0.3) is 5.91 Å². The Morgan fingerprint density at radius 2 is 1.81 bits per heavy atom. The van der Waals surface area contributed by atoms with Gasteiger partial charge >= 0.3 is 0 Å². The number of amides is 1. The highest BCUT2D eigenvalue weighted by atomic mass is 79.9. The molecule has 0 unspecified atom stereocenters. The molecule has 0 aromatic heterocycles. The molecule has 0 aliphatic carbocycles. The van der Waals surface area contributed by atoms with Gasteiger partial charge in [-0.05, 0) is 39.7 Å². The lowest BCUT2D eigenvalue weighted by molar-refractivity contribution is 0.0950. The molecular weight excluding hydrogens is 355 g/mol. The Balaban J connectivity index is 2.00. The highest BCUT2D eigenvalue weighted by Crippen LogP contribution is 2.16. The van der Waals surface area contributed by atoms with Crippen molar-refractivity contribution in [3.05, 3.63) is 69.4 Å². The molecule has 6 heteroatoms. The van der Waals surface area contributed by atoms with E-state index in [1.54, 1.807) is 18.2 Å².